The molecule has 19 atom stereocenters. The summed E-state index contributed by atoms with van der Waals surface area (Å²) in [7, 11) is -21.1. The summed E-state index contributed by atoms with van der Waals surface area (Å²) in [5.41, 5.74) is 2.15. The normalized spacial score (nSPS) is 24.7. The number of phosphoric ester groups is 4. The van der Waals surface area contributed by atoms with E-state index in [1.54, 1.807) is 27.7 Å². The first-order valence-corrected chi connectivity index (χ1v) is 46.5. The second-order valence-corrected chi connectivity index (χ2v) is 36.9. The molecule has 0 aliphatic carbocycles. The number of hydrogen-bond donors (Lipinski definition) is 11. The number of nitrogens with zero attached hydrogens (tertiary/aromatic N) is 13. The number of aromatic nitrogens is 14. The zero-order valence-corrected chi connectivity index (χ0v) is 77.3. The second kappa shape index (κ2) is 46.6. The zero-order valence-electron chi connectivity index (χ0n) is 71.5. The van der Waals surface area contributed by atoms with Crippen LogP contribution in [0.3, 0.4) is 0 Å². The molecule has 0 spiro atoms. The Bertz CT molecular complexity index is 6170. The third-order valence-electron chi connectivity index (χ3n) is 20.2. The van der Waals surface area contributed by atoms with Gasteiger partial charge in [0.1, 0.15) is 86.1 Å². The minimum absolute atomic E-state index is 0. The summed E-state index contributed by atoms with van der Waals surface area (Å²) in [5.74, 6) is -3.07. The summed E-state index contributed by atoms with van der Waals surface area (Å²) in [5, 5.41) is 65.6. The first kappa shape index (κ1) is 104. The Balaban J connectivity index is 0.00000354. The monoisotopic (exact) mass is 2120 g/mol. The number of imidazole rings is 2. The molecular weight excluding hydrogens is 2020 g/mol. The quantitative estimate of drug-likeness (QED) is 0.0190. The van der Waals surface area contributed by atoms with Gasteiger partial charge in [-0.2, -0.15) is 31.0 Å². The molecule has 0 bridgehead atoms. The van der Waals surface area contributed by atoms with Crippen molar-refractivity contribution in [2.45, 2.75) is 198 Å². The van der Waals surface area contributed by atoms with E-state index in [4.69, 9.17) is 89.4 Å². The average Bonchev–Trinajstić information content (AvgIpc) is 1.57. The molecule has 720 valence electrons. The van der Waals surface area contributed by atoms with Gasteiger partial charge in [-0.1, -0.05) is 27.7 Å². The molecule has 12 rings (SSSR count). The topological polar surface area (TPSA) is 763 Å². The molecule has 2 amide bonds. The van der Waals surface area contributed by atoms with E-state index in [9.17, 15) is 83.8 Å². The van der Waals surface area contributed by atoms with Crippen molar-refractivity contribution in [3.05, 3.63) is 131 Å². The number of phosphoric acid groups is 4. The number of fused-ring (bicyclic) bond motifs is 2. The molecule has 0 radical (unpaired) electrons. The SMILES string of the molecule is Cc1cn([C@H]2C[C@H](OP(=O)(OCCC#N)OC[C@H]3O[C@@H](n4cc(C)c(=O)[nH]c4=O)C[C@@H]3OP(=O)(OCCC#N)OC[C@H]3O[C@@H](n4cnc5c(=O)[nH]c(NC(=O)C(C)C)nc54)C[C@@H]3OP(=O)(OCCC#N)OC[C@H]3O[C@@H](n4cnc5c(=O)[nH]c(NC(=O)C(C)C)nc54)C[C@@H]3OP(=O)(OCCC#N)OC[C@H]3O[C@@H](n4cc(C)c(=O)[nH]c4=O)C[C@@H]3O)[C@@H](CO)O2)c(=O)[nH]c1=O.NCCN.[Pt+2]. The van der Waals surface area contributed by atoms with E-state index in [0.29, 0.717) is 13.1 Å². The summed E-state index contributed by atoms with van der Waals surface area (Å²) in [6, 6.07) is 7.29. The van der Waals surface area contributed by atoms with Gasteiger partial charge < -0.3 is 45.4 Å². The Kier molecular flexibility index (Phi) is 36.9. The van der Waals surface area contributed by atoms with Crippen LogP contribution in [-0.4, -0.2) is 223 Å². The number of aromatic amines is 5. The number of anilines is 2. The van der Waals surface area contributed by atoms with Gasteiger partial charge in [0.2, 0.25) is 23.7 Å². The molecule has 7 aromatic heterocycles. The van der Waals surface area contributed by atoms with Gasteiger partial charge in [0.25, 0.3) is 27.8 Å². The number of aliphatic hydroxyl groups is 2. The molecule has 5 fully saturated rings. The predicted molar refractivity (Wildman–Crippen MR) is 444 cm³/mol. The molecule has 132 heavy (non-hydrogen) atoms. The van der Waals surface area contributed by atoms with Crippen molar-refractivity contribution in [3.63, 3.8) is 0 Å². The van der Waals surface area contributed by atoms with Gasteiger partial charge in [0.15, 0.2) is 22.3 Å². The van der Waals surface area contributed by atoms with Crippen LogP contribution < -0.4 is 67.0 Å². The molecule has 60 heteroatoms. The summed E-state index contributed by atoms with van der Waals surface area (Å²) < 4.78 is 170. The van der Waals surface area contributed by atoms with Crippen LogP contribution in [0.2, 0.25) is 0 Å². The number of carbonyl (C=O) groups excluding carboxylic acids is 2. The number of H-pyrrole nitrogens is 5. The number of nitrogens with one attached hydrogen (secondary N) is 7. The van der Waals surface area contributed by atoms with E-state index in [0.717, 1.165) is 32.6 Å². The van der Waals surface area contributed by atoms with Crippen molar-refractivity contribution in [2.24, 2.45) is 23.3 Å². The minimum atomic E-state index is -5.43. The molecule has 0 aromatic carbocycles. The van der Waals surface area contributed by atoms with E-state index < -0.39 is 296 Å². The molecule has 5 aliphatic rings. The van der Waals surface area contributed by atoms with Gasteiger partial charge in [-0.25, -0.2) is 42.6 Å². The van der Waals surface area contributed by atoms with Gasteiger partial charge in [-0.3, -0.25) is 146 Å². The maximum Gasteiger partial charge on any atom is 2.00 e. The summed E-state index contributed by atoms with van der Waals surface area (Å²) in [4.78, 5) is 159. The van der Waals surface area contributed by atoms with Gasteiger partial charge in [-0.05, 0) is 20.8 Å². The average molecular weight is 2120 g/mol. The Morgan fingerprint density at radius 3 is 1.03 bits per heavy atom. The van der Waals surface area contributed by atoms with Gasteiger partial charge >= 0.3 is 69.4 Å². The molecule has 5 saturated heterocycles. The van der Waals surface area contributed by atoms with Crippen molar-refractivity contribution in [1.82, 2.24) is 67.7 Å². The molecule has 5 aliphatic heterocycles. The third-order valence-corrected chi connectivity index (χ3v) is 26.1. The Morgan fingerprint density at radius 2 is 0.735 bits per heavy atom. The number of rotatable bonds is 43. The zero-order chi connectivity index (χ0) is 95.0. The molecule has 7 aromatic rings. The Morgan fingerprint density at radius 1 is 0.455 bits per heavy atom. The number of amides is 2. The van der Waals surface area contributed by atoms with Crippen LogP contribution in [0.5, 0.6) is 0 Å². The number of aliphatic hydroxyl groups excluding tert-OH is 2. The van der Waals surface area contributed by atoms with Crippen molar-refractivity contribution < 1.29 is 137 Å². The van der Waals surface area contributed by atoms with Gasteiger partial charge in [-0.15, -0.1) is 0 Å². The first-order chi connectivity index (χ1) is 62.4. The van der Waals surface area contributed by atoms with Crippen LogP contribution in [0.15, 0.2) is 69.6 Å². The first-order valence-electron chi connectivity index (χ1n) is 40.6. The van der Waals surface area contributed by atoms with Crippen LogP contribution in [0.4, 0.5) is 11.9 Å². The van der Waals surface area contributed by atoms with E-state index in [2.05, 4.69) is 55.5 Å². The number of aryl methyl sites for hydroxylation is 3. The molecule has 4 unspecified atom stereocenters. The minimum Gasteiger partial charge on any atom is -0.394 e. The van der Waals surface area contributed by atoms with Crippen molar-refractivity contribution >= 4 is 77.3 Å². The molecule has 13 N–H and O–H groups in total. The second-order valence-electron chi connectivity index (χ2n) is 30.4. The molecule has 0 saturated carbocycles. The fourth-order valence-corrected chi connectivity index (χ4v) is 19.0. The summed E-state index contributed by atoms with van der Waals surface area (Å²) in [6.07, 6.45) is -21.4. The van der Waals surface area contributed by atoms with Crippen LogP contribution >= 0.6 is 31.3 Å². The standard InChI is InChI=1S/C70H88N20O33P4.C2H8N2.Pt/c1-35(2)59(93)79-66-77-57-55(64(98)81-66)75-33-89(57)53-23-43(122-124(103,107-16-8-12-71)111-29-46-40(92)20-50(116-46)86-25-37(5)61(95)83-68(86)100)48(118-53)31-114-127(106,110-19-11-15-74)123-44-24-54(90-34-76-56-58(90)78-67(82-65(56)99)80-60(94)36(3)4)119-49(44)32-113-126(105,109-18-10-14-73)121-42-22-52(88-27-39(7)63(97)85-70(88)102)117-47(42)30-112-125(104,108-17-9-13-72)120-41-21-51(115-45(41)28-91)87-26-38(6)62(96)84-69(87)101;3-1-2-4;/h25-27,33-36,40-54,91-92H,8-11,16-24,28-32H2,1-7H3,(H,83,95,100)(H,84,96,101)(H,85,97,102)(H2,77,79,81,93,98)(H2,78,80,82,94,99);1-4H2;/q;;+2/t40-,41-,42-,43-,44-,45+,46+,47+,48+,49+,50+,51+,52+,53+,54+,124?,125?,126?,127?;;/m0../s1. The van der Waals surface area contributed by atoms with Crippen LogP contribution in [0.25, 0.3) is 22.3 Å². The van der Waals surface area contributed by atoms with Crippen molar-refractivity contribution in [2.75, 3.05) is 83.2 Å². The number of nitriles is 4. The van der Waals surface area contributed by atoms with Crippen molar-refractivity contribution in [1.29, 1.82) is 21.0 Å². The van der Waals surface area contributed by atoms with Gasteiger partial charge in [0.05, 0.1) is 128 Å². The van der Waals surface area contributed by atoms with Crippen molar-refractivity contribution in [3.8, 4) is 24.3 Å². The van der Waals surface area contributed by atoms with E-state index >= 15 is 13.7 Å². The molecular formula is C72H96N22O33P4Pt+2. The third kappa shape index (κ3) is 26.3. The smallest absolute Gasteiger partial charge is 0.394 e. The largest absolute Gasteiger partial charge is 2.00 e. The van der Waals surface area contributed by atoms with Crippen LogP contribution in [0, 0.1) is 77.9 Å². The molecule has 12 heterocycles. The van der Waals surface area contributed by atoms with Gasteiger partial charge in [0, 0.05) is 92.3 Å². The maximum atomic E-state index is 15.9. The Labute approximate surface area is 759 Å². The number of nitrogens with two attached hydrogens (primary N) is 2. The number of hydrogen-bond acceptors (Lipinski definition) is 43. The molecule has 55 nitrogen and oxygen atoms in total. The van der Waals surface area contributed by atoms with Crippen LogP contribution in [0.1, 0.15) is 133 Å². The summed E-state index contributed by atoms with van der Waals surface area (Å²) >= 11 is 0. The summed E-state index contributed by atoms with van der Waals surface area (Å²) in [6.45, 7) is 4.15. The van der Waals surface area contributed by atoms with Crippen LogP contribution in [-0.2, 0) is 127 Å². The van der Waals surface area contributed by atoms with E-state index in [-0.39, 0.29) is 84.8 Å². The number of carbonyl (C=O) groups is 2. The fraction of sp³-hybridized carbons (Fsp3) is 0.611. The number of ether oxygens (including phenoxy) is 5. The maximum absolute atomic E-state index is 15.9. The van der Waals surface area contributed by atoms with E-state index in [1.807, 2.05) is 24.3 Å². The predicted octanol–water partition coefficient (Wildman–Crippen LogP) is 1.47. The fourth-order valence-electron chi connectivity index (χ4n) is 13.4. The van der Waals surface area contributed by atoms with E-state index in [1.165, 1.54) is 42.3 Å². The Hall–Kier alpha value is -9.59.